The van der Waals surface area contributed by atoms with E-state index in [1.807, 2.05) is 0 Å². The van der Waals surface area contributed by atoms with Crippen LogP contribution in [0, 0.1) is 16.7 Å². The molecular formula is C12H12. The summed E-state index contributed by atoms with van der Waals surface area (Å²) in [5, 5.41) is 0. The Morgan fingerprint density at radius 3 is 2.25 bits per heavy atom. The largest absolute Gasteiger partial charge is 0.0622 e. The second-order valence-corrected chi connectivity index (χ2v) is 4.91. The zero-order chi connectivity index (χ0) is 7.81. The molecule has 0 amide bonds. The van der Waals surface area contributed by atoms with Crippen LogP contribution >= 0.6 is 0 Å². The Morgan fingerprint density at radius 1 is 1.08 bits per heavy atom. The van der Waals surface area contributed by atoms with Crippen molar-refractivity contribution in [1.29, 1.82) is 0 Å². The number of rotatable bonds is 2. The maximum Gasteiger partial charge on any atom is -0.0189 e. The van der Waals surface area contributed by atoms with Crippen molar-refractivity contribution in [2.75, 3.05) is 0 Å². The van der Waals surface area contributed by atoms with Crippen molar-refractivity contribution in [3.05, 3.63) is 35.9 Å². The molecule has 1 aromatic carbocycles. The lowest BCUT2D eigenvalue weighted by Crippen LogP contribution is -2.14. The van der Waals surface area contributed by atoms with Crippen LogP contribution in [0.3, 0.4) is 0 Å². The molecule has 3 aliphatic carbocycles. The molecule has 4 rings (SSSR count). The molecule has 0 bridgehead atoms. The first-order valence-corrected chi connectivity index (χ1v) is 4.91. The molecule has 1 aromatic rings. The van der Waals surface area contributed by atoms with E-state index >= 15 is 0 Å². The Bertz CT molecular complexity index is 330. The van der Waals surface area contributed by atoms with Crippen LogP contribution in [0.5, 0.6) is 0 Å². The Labute approximate surface area is 72.6 Å². The van der Waals surface area contributed by atoms with E-state index in [1.54, 1.807) is 18.4 Å². The van der Waals surface area contributed by atoms with Gasteiger partial charge in [0.05, 0.1) is 0 Å². The highest BCUT2D eigenvalue weighted by Gasteiger charge is 3.03. The second kappa shape index (κ2) is 1.37. The van der Waals surface area contributed by atoms with Crippen LogP contribution in [-0.2, 0) is 6.42 Å². The third kappa shape index (κ3) is 0.426. The van der Waals surface area contributed by atoms with Gasteiger partial charge in [-0.05, 0) is 41.6 Å². The fourth-order valence-corrected chi connectivity index (χ4v) is 3.30. The molecule has 0 nitrogen and oxygen atoms in total. The normalized spacial score (nSPS) is 50.8. The van der Waals surface area contributed by atoms with Gasteiger partial charge in [0, 0.05) is 0 Å². The van der Waals surface area contributed by atoms with Crippen molar-refractivity contribution in [2.45, 2.75) is 19.3 Å². The summed E-state index contributed by atoms with van der Waals surface area (Å²) >= 11 is 0. The monoisotopic (exact) mass is 156 g/mol. The first kappa shape index (κ1) is 5.80. The van der Waals surface area contributed by atoms with Crippen molar-refractivity contribution < 1.29 is 0 Å². The summed E-state index contributed by atoms with van der Waals surface area (Å²) in [6.07, 6.45) is 4.52. The van der Waals surface area contributed by atoms with E-state index in [0.717, 1.165) is 16.7 Å². The van der Waals surface area contributed by atoms with Gasteiger partial charge in [-0.1, -0.05) is 30.3 Å². The molecule has 0 saturated heterocycles. The summed E-state index contributed by atoms with van der Waals surface area (Å²) < 4.78 is 0. The Hall–Kier alpha value is -0.780. The van der Waals surface area contributed by atoms with Crippen LogP contribution in [-0.4, -0.2) is 0 Å². The zero-order valence-electron chi connectivity index (χ0n) is 7.09. The van der Waals surface area contributed by atoms with E-state index in [2.05, 4.69) is 30.3 Å². The molecule has 0 aliphatic heterocycles. The summed E-state index contributed by atoms with van der Waals surface area (Å²) in [6, 6.07) is 11.0. The van der Waals surface area contributed by atoms with Crippen molar-refractivity contribution in [3.8, 4) is 0 Å². The number of benzene rings is 1. The van der Waals surface area contributed by atoms with Crippen molar-refractivity contribution in [3.63, 3.8) is 0 Å². The van der Waals surface area contributed by atoms with Gasteiger partial charge in [0.15, 0.2) is 0 Å². The molecule has 0 radical (unpaired) electrons. The topological polar surface area (TPSA) is 0 Å². The lowest BCUT2D eigenvalue weighted by molar-refractivity contribution is 0.320. The standard InChI is InChI=1S/C12H12/c1-2-4-9(5-3-1)6-10-11-7-12(10,11)8-11/h1-5,10H,6-8H2. The second-order valence-electron chi connectivity index (χ2n) is 4.91. The average Bonchev–Trinajstić information content (AvgIpc) is 2.92. The van der Waals surface area contributed by atoms with Crippen molar-refractivity contribution >= 4 is 0 Å². The molecule has 0 heteroatoms. The van der Waals surface area contributed by atoms with E-state index in [1.165, 1.54) is 6.42 Å². The van der Waals surface area contributed by atoms with Gasteiger partial charge < -0.3 is 0 Å². The molecule has 0 unspecified atom stereocenters. The van der Waals surface area contributed by atoms with Gasteiger partial charge in [0.2, 0.25) is 0 Å². The predicted octanol–water partition coefficient (Wildman–Crippen LogP) is 2.64. The first-order chi connectivity index (χ1) is 5.87. The molecule has 3 fully saturated rings. The van der Waals surface area contributed by atoms with Crippen LogP contribution in [0.25, 0.3) is 0 Å². The van der Waals surface area contributed by atoms with Crippen molar-refractivity contribution in [2.24, 2.45) is 16.7 Å². The molecule has 0 heterocycles. The summed E-state index contributed by atoms with van der Waals surface area (Å²) in [7, 11) is 0. The quantitative estimate of drug-likeness (QED) is 0.617. The van der Waals surface area contributed by atoms with Crippen LogP contribution in [0.4, 0.5) is 0 Å². The minimum atomic E-state index is 0.933. The van der Waals surface area contributed by atoms with Gasteiger partial charge in [0.25, 0.3) is 0 Å². The van der Waals surface area contributed by atoms with Crippen LogP contribution in [0.2, 0.25) is 0 Å². The fraction of sp³-hybridized carbons (Fsp3) is 0.500. The Morgan fingerprint density at radius 2 is 1.75 bits per heavy atom. The van der Waals surface area contributed by atoms with Crippen LogP contribution in [0.1, 0.15) is 18.4 Å². The summed E-state index contributed by atoms with van der Waals surface area (Å²) in [6.45, 7) is 0. The molecule has 3 saturated carbocycles. The van der Waals surface area contributed by atoms with E-state index in [0.29, 0.717) is 0 Å². The molecule has 12 heavy (non-hydrogen) atoms. The van der Waals surface area contributed by atoms with E-state index in [4.69, 9.17) is 0 Å². The van der Waals surface area contributed by atoms with E-state index in [9.17, 15) is 0 Å². The maximum absolute atomic E-state index is 2.27. The fourth-order valence-electron chi connectivity index (χ4n) is 3.30. The number of hydrogen-bond acceptors (Lipinski definition) is 0. The predicted molar refractivity (Wildman–Crippen MR) is 47.7 cm³/mol. The molecule has 60 valence electrons. The molecule has 0 atom stereocenters. The third-order valence-corrected chi connectivity index (χ3v) is 4.54. The van der Waals surface area contributed by atoms with Gasteiger partial charge in [-0.25, -0.2) is 0 Å². The lowest BCUT2D eigenvalue weighted by atomic mass is 9.84. The van der Waals surface area contributed by atoms with Crippen LogP contribution < -0.4 is 0 Å². The molecule has 0 spiro atoms. The van der Waals surface area contributed by atoms with E-state index in [-0.39, 0.29) is 0 Å². The van der Waals surface area contributed by atoms with E-state index < -0.39 is 0 Å². The van der Waals surface area contributed by atoms with Gasteiger partial charge in [-0.3, -0.25) is 0 Å². The first-order valence-electron chi connectivity index (χ1n) is 4.91. The summed E-state index contributed by atoms with van der Waals surface area (Å²) in [5.41, 5.74) is 3.42. The minimum absolute atomic E-state index is 0.933. The Kier molecular flexibility index (Phi) is 0.660. The molecule has 0 aromatic heterocycles. The Balaban J connectivity index is 1.56. The van der Waals surface area contributed by atoms with Crippen molar-refractivity contribution in [1.82, 2.24) is 0 Å². The molecular weight excluding hydrogens is 144 g/mol. The maximum atomic E-state index is 2.27. The molecule has 3 aliphatic rings. The highest BCUT2D eigenvalue weighted by atomic mass is 15.1. The lowest BCUT2D eigenvalue weighted by Gasteiger charge is -2.20. The highest BCUT2D eigenvalue weighted by Crippen LogP contribution is 3.09. The molecule has 0 N–H and O–H groups in total. The average molecular weight is 156 g/mol. The van der Waals surface area contributed by atoms with Crippen LogP contribution in [0.15, 0.2) is 30.3 Å². The zero-order valence-corrected chi connectivity index (χ0v) is 7.09. The van der Waals surface area contributed by atoms with Gasteiger partial charge >= 0.3 is 0 Å². The van der Waals surface area contributed by atoms with Gasteiger partial charge in [-0.15, -0.1) is 0 Å². The van der Waals surface area contributed by atoms with Gasteiger partial charge in [0.1, 0.15) is 0 Å². The third-order valence-electron chi connectivity index (χ3n) is 4.54. The SMILES string of the molecule is c1ccc(CC2C34CC23C4)cc1. The highest BCUT2D eigenvalue weighted by molar-refractivity contribution is 5.52. The number of hydrogen-bond donors (Lipinski definition) is 0. The summed E-state index contributed by atoms with van der Waals surface area (Å²) in [4.78, 5) is 0. The minimum Gasteiger partial charge on any atom is -0.0622 e. The smallest absolute Gasteiger partial charge is 0.0189 e. The van der Waals surface area contributed by atoms with Gasteiger partial charge in [-0.2, -0.15) is 0 Å². The summed E-state index contributed by atoms with van der Waals surface area (Å²) in [5.74, 6) is 1.10.